The van der Waals surface area contributed by atoms with Gasteiger partial charge >= 0.3 is 0 Å². The summed E-state index contributed by atoms with van der Waals surface area (Å²) in [5.74, 6) is -0.0411. The van der Waals surface area contributed by atoms with Gasteiger partial charge in [0, 0.05) is 30.9 Å². The first-order valence-corrected chi connectivity index (χ1v) is 9.87. The second kappa shape index (κ2) is 9.11. The number of aromatic nitrogens is 2. The topological polar surface area (TPSA) is 46.1 Å². The molecule has 0 aliphatic heterocycles. The van der Waals surface area contributed by atoms with E-state index in [1.54, 1.807) is 18.5 Å². The molecule has 0 radical (unpaired) electrons. The molecule has 2 aromatic carbocycles. The van der Waals surface area contributed by atoms with E-state index in [0.717, 1.165) is 29.3 Å². The average molecular weight is 381 g/mol. The third kappa shape index (κ3) is 4.85. The van der Waals surface area contributed by atoms with E-state index in [-0.39, 0.29) is 5.91 Å². The summed E-state index contributed by atoms with van der Waals surface area (Å²) in [4.78, 5) is 23.9. The van der Waals surface area contributed by atoms with Crippen LogP contribution in [0.2, 0.25) is 0 Å². The molecule has 0 saturated heterocycles. The molecule has 0 bridgehead atoms. The van der Waals surface area contributed by atoms with Crippen molar-refractivity contribution in [1.29, 1.82) is 0 Å². The zero-order chi connectivity index (χ0) is 19.9. The van der Waals surface area contributed by atoms with Crippen molar-refractivity contribution in [3.8, 4) is 0 Å². The minimum atomic E-state index is -0.0411. The van der Waals surface area contributed by atoms with E-state index < -0.39 is 0 Å². The van der Waals surface area contributed by atoms with Crippen LogP contribution in [0.3, 0.4) is 0 Å². The number of benzene rings is 2. The molecule has 0 spiro atoms. The van der Waals surface area contributed by atoms with Gasteiger partial charge < -0.3 is 4.90 Å². The number of aryl methyl sites for hydroxylation is 1. The van der Waals surface area contributed by atoms with Gasteiger partial charge in [0.2, 0.25) is 0 Å². The number of nitrogens with zero attached hydrogens (tertiary/aromatic N) is 3. The lowest BCUT2D eigenvalue weighted by molar-refractivity contribution is 0.0735. The number of carbonyl (C=O) groups is 1. The first kappa shape index (κ1) is 18.8. The largest absolute Gasteiger partial charge is 0.333 e. The van der Waals surface area contributed by atoms with E-state index >= 15 is 0 Å². The molecule has 0 unspecified atom stereocenters. The van der Waals surface area contributed by atoms with Crippen molar-refractivity contribution in [2.24, 2.45) is 0 Å². The number of pyridine rings is 2. The van der Waals surface area contributed by atoms with E-state index in [4.69, 9.17) is 0 Å². The van der Waals surface area contributed by atoms with Crippen molar-refractivity contribution >= 4 is 16.8 Å². The maximum absolute atomic E-state index is 13.3. The highest BCUT2D eigenvalue weighted by atomic mass is 16.2. The van der Waals surface area contributed by atoms with Gasteiger partial charge in [0.25, 0.3) is 5.91 Å². The van der Waals surface area contributed by atoms with Crippen molar-refractivity contribution in [3.63, 3.8) is 0 Å². The number of rotatable bonds is 7. The standard InChI is InChI=1S/C25H23N3O/c29-25(24-14-13-22-18-26-16-15-23(22)27-24)28(19-21-10-5-2-6-11-21)17-7-12-20-8-3-1-4-9-20/h1-6,8-11,13-16,18H,7,12,17,19H2. The zero-order valence-corrected chi connectivity index (χ0v) is 16.2. The first-order valence-electron chi connectivity index (χ1n) is 9.87. The summed E-state index contributed by atoms with van der Waals surface area (Å²) in [6.07, 6.45) is 5.31. The molecule has 4 nitrogen and oxygen atoms in total. The quantitative estimate of drug-likeness (QED) is 0.457. The summed E-state index contributed by atoms with van der Waals surface area (Å²) < 4.78 is 0. The highest BCUT2D eigenvalue weighted by molar-refractivity contribution is 5.94. The maximum atomic E-state index is 13.3. The fraction of sp³-hybridized carbons (Fsp3) is 0.160. The molecule has 0 fully saturated rings. The molecule has 4 aromatic rings. The van der Waals surface area contributed by atoms with Gasteiger partial charge in [0.15, 0.2) is 0 Å². The molecule has 0 N–H and O–H groups in total. The molecule has 0 saturated carbocycles. The lowest BCUT2D eigenvalue weighted by atomic mass is 10.1. The lowest BCUT2D eigenvalue weighted by Crippen LogP contribution is -2.32. The molecular weight excluding hydrogens is 358 g/mol. The number of hydrogen-bond acceptors (Lipinski definition) is 3. The van der Waals surface area contributed by atoms with Crippen LogP contribution in [0.25, 0.3) is 10.9 Å². The minimum absolute atomic E-state index is 0.0411. The number of fused-ring (bicyclic) bond motifs is 1. The van der Waals surface area contributed by atoms with Crippen molar-refractivity contribution in [3.05, 3.63) is 108 Å². The molecule has 144 valence electrons. The van der Waals surface area contributed by atoms with Gasteiger partial charge in [-0.15, -0.1) is 0 Å². The van der Waals surface area contributed by atoms with Crippen molar-refractivity contribution in [2.45, 2.75) is 19.4 Å². The second-order valence-corrected chi connectivity index (χ2v) is 7.07. The van der Waals surface area contributed by atoms with Crippen molar-refractivity contribution in [1.82, 2.24) is 14.9 Å². The Balaban J connectivity index is 1.53. The van der Waals surface area contributed by atoms with Crippen LogP contribution in [0.4, 0.5) is 0 Å². The van der Waals surface area contributed by atoms with Crippen LogP contribution >= 0.6 is 0 Å². The van der Waals surface area contributed by atoms with Crippen LogP contribution in [0.1, 0.15) is 28.0 Å². The van der Waals surface area contributed by atoms with E-state index in [0.29, 0.717) is 18.8 Å². The SMILES string of the molecule is O=C(c1ccc2cnccc2n1)N(CCCc1ccccc1)Cc1ccccc1. The Labute approximate surface area is 170 Å². The average Bonchev–Trinajstić information content (AvgIpc) is 2.79. The summed E-state index contributed by atoms with van der Waals surface area (Å²) in [5.41, 5.74) is 3.66. The van der Waals surface area contributed by atoms with Crippen molar-refractivity contribution < 1.29 is 4.79 Å². The highest BCUT2D eigenvalue weighted by Gasteiger charge is 2.18. The smallest absolute Gasteiger partial charge is 0.272 e. The van der Waals surface area contributed by atoms with Crippen LogP contribution in [0.15, 0.2) is 91.3 Å². The van der Waals surface area contributed by atoms with Crippen LogP contribution in [-0.2, 0) is 13.0 Å². The molecule has 2 aromatic heterocycles. The normalized spacial score (nSPS) is 10.8. The Morgan fingerprint density at radius 3 is 2.31 bits per heavy atom. The number of hydrogen-bond donors (Lipinski definition) is 0. The van der Waals surface area contributed by atoms with E-state index in [2.05, 4.69) is 46.4 Å². The molecule has 2 heterocycles. The van der Waals surface area contributed by atoms with Gasteiger partial charge in [-0.3, -0.25) is 9.78 Å². The Kier molecular flexibility index (Phi) is 5.91. The molecule has 1 amide bonds. The third-order valence-corrected chi connectivity index (χ3v) is 4.95. The lowest BCUT2D eigenvalue weighted by Gasteiger charge is -2.23. The van der Waals surface area contributed by atoms with Crippen LogP contribution in [-0.4, -0.2) is 27.3 Å². The Bertz CT molecular complexity index is 1080. The van der Waals surface area contributed by atoms with Gasteiger partial charge in [-0.1, -0.05) is 60.7 Å². The molecule has 0 aliphatic carbocycles. The predicted molar refractivity (Wildman–Crippen MR) is 115 cm³/mol. The summed E-state index contributed by atoms with van der Waals surface area (Å²) in [5, 5.41) is 0.933. The molecule has 29 heavy (non-hydrogen) atoms. The third-order valence-electron chi connectivity index (χ3n) is 4.95. The molecule has 4 rings (SSSR count). The Morgan fingerprint density at radius 1 is 0.828 bits per heavy atom. The second-order valence-electron chi connectivity index (χ2n) is 7.07. The summed E-state index contributed by atoms with van der Waals surface area (Å²) >= 11 is 0. The fourth-order valence-electron chi connectivity index (χ4n) is 3.42. The van der Waals surface area contributed by atoms with Crippen molar-refractivity contribution in [2.75, 3.05) is 6.54 Å². The Morgan fingerprint density at radius 2 is 1.55 bits per heavy atom. The molecule has 4 heteroatoms. The molecular formula is C25H23N3O. The summed E-state index contributed by atoms with van der Waals surface area (Å²) in [7, 11) is 0. The number of carbonyl (C=O) groups excluding carboxylic acids is 1. The molecule has 0 atom stereocenters. The van der Waals surface area contributed by atoms with Crippen LogP contribution < -0.4 is 0 Å². The predicted octanol–water partition coefficient (Wildman–Crippen LogP) is 4.91. The van der Waals surface area contributed by atoms with E-state index in [9.17, 15) is 4.79 Å². The van der Waals surface area contributed by atoms with Gasteiger partial charge in [0.05, 0.1) is 5.52 Å². The van der Waals surface area contributed by atoms with E-state index in [1.807, 2.05) is 41.3 Å². The van der Waals surface area contributed by atoms with Gasteiger partial charge in [-0.25, -0.2) is 4.98 Å². The van der Waals surface area contributed by atoms with E-state index in [1.165, 1.54) is 5.56 Å². The van der Waals surface area contributed by atoms with Gasteiger partial charge in [-0.05, 0) is 42.2 Å². The minimum Gasteiger partial charge on any atom is -0.333 e. The van der Waals surface area contributed by atoms with Crippen LogP contribution in [0, 0.1) is 0 Å². The Hall–Kier alpha value is -3.53. The molecule has 0 aliphatic rings. The summed E-state index contributed by atoms with van der Waals surface area (Å²) in [6, 6.07) is 26.0. The maximum Gasteiger partial charge on any atom is 0.272 e. The zero-order valence-electron chi connectivity index (χ0n) is 16.2. The fourth-order valence-corrected chi connectivity index (χ4v) is 3.42. The van der Waals surface area contributed by atoms with Gasteiger partial charge in [0.1, 0.15) is 5.69 Å². The van der Waals surface area contributed by atoms with Crippen LogP contribution in [0.5, 0.6) is 0 Å². The summed E-state index contributed by atoms with van der Waals surface area (Å²) in [6.45, 7) is 1.25. The van der Waals surface area contributed by atoms with Gasteiger partial charge in [-0.2, -0.15) is 0 Å². The first-order chi connectivity index (χ1) is 14.3. The highest BCUT2D eigenvalue weighted by Crippen LogP contribution is 2.15. The number of amides is 1. The monoisotopic (exact) mass is 381 g/mol.